The van der Waals surface area contributed by atoms with Gasteiger partial charge in [0.25, 0.3) is 0 Å². The van der Waals surface area contributed by atoms with Crippen molar-refractivity contribution in [1.82, 2.24) is 9.13 Å². The number of halogens is 1. The van der Waals surface area contributed by atoms with Crippen LogP contribution in [0.3, 0.4) is 0 Å². The zero-order valence-corrected chi connectivity index (χ0v) is 13.5. The molecule has 5 heteroatoms. The molecule has 24 heavy (non-hydrogen) atoms. The first kappa shape index (κ1) is 15.9. The highest BCUT2D eigenvalue weighted by molar-refractivity contribution is 5.39. The van der Waals surface area contributed by atoms with Crippen molar-refractivity contribution in [1.29, 1.82) is 0 Å². The van der Waals surface area contributed by atoms with Gasteiger partial charge in [0.05, 0.1) is 6.54 Å². The predicted molar refractivity (Wildman–Crippen MR) is 91.3 cm³/mol. The molecule has 0 aliphatic rings. The molecule has 0 bridgehead atoms. The Morgan fingerprint density at radius 3 is 2.29 bits per heavy atom. The van der Waals surface area contributed by atoms with Crippen molar-refractivity contribution in [2.24, 2.45) is 0 Å². The minimum Gasteiger partial charge on any atom is -0.305 e. The van der Waals surface area contributed by atoms with Crippen molar-refractivity contribution in [3.8, 4) is 5.69 Å². The molecular weight excluding hydrogens is 307 g/mol. The summed E-state index contributed by atoms with van der Waals surface area (Å²) in [6, 6.07) is 11.7. The lowest BCUT2D eigenvalue weighted by Crippen LogP contribution is -2.40. The Balaban J connectivity index is 2.03. The molecule has 0 fully saturated rings. The van der Waals surface area contributed by atoms with E-state index in [0.29, 0.717) is 11.3 Å². The summed E-state index contributed by atoms with van der Waals surface area (Å²) in [6.45, 7) is 4.03. The molecule has 0 N–H and O–H groups in total. The summed E-state index contributed by atoms with van der Waals surface area (Å²) in [5.74, 6) is -0.371. The van der Waals surface area contributed by atoms with Gasteiger partial charge >= 0.3 is 11.1 Å². The fourth-order valence-electron chi connectivity index (χ4n) is 2.76. The van der Waals surface area contributed by atoms with Crippen LogP contribution in [0.15, 0.2) is 64.4 Å². The standard InChI is InChI=1S/C19H17FN2O2/c1-13-8-14(2)10-17(9-13)22-7-6-21(18(23)19(22)24)12-15-4-3-5-16(20)11-15/h3-11H,12H2,1-2H3. The smallest absolute Gasteiger partial charge is 0.305 e. The Morgan fingerprint density at radius 1 is 0.917 bits per heavy atom. The van der Waals surface area contributed by atoms with Crippen LogP contribution in [0.5, 0.6) is 0 Å². The van der Waals surface area contributed by atoms with Crippen molar-refractivity contribution in [2.45, 2.75) is 20.4 Å². The third kappa shape index (κ3) is 3.20. The second-order valence-electron chi connectivity index (χ2n) is 5.88. The van der Waals surface area contributed by atoms with E-state index in [1.165, 1.54) is 21.3 Å². The number of hydrogen-bond acceptors (Lipinski definition) is 2. The molecule has 3 rings (SSSR count). The first-order chi connectivity index (χ1) is 11.4. The maximum absolute atomic E-state index is 13.3. The largest absolute Gasteiger partial charge is 0.320 e. The van der Waals surface area contributed by atoms with Gasteiger partial charge < -0.3 is 4.57 Å². The van der Waals surface area contributed by atoms with Gasteiger partial charge in [-0.2, -0.15) is 0 Å². The lowest BCUT2D eigenvalue weighted by atomic mass is 10.1. The van der Waals surface area contributed by atoms with Gasteiger partial charge in [-0.25, -0.2) is 4.39 Å². The van der Waals surface area contributed by atoms with Gasteiger partial charge in [-0.3, -0.25) is 14.2 Å². The van der Waals surface area contributed by atoms with E-state index in [4.69, 9.17) is 0 Å². The van der Waals surface area contributed by atoms with E-state index in [9.17, 15) is 14.0 Å². The summed E-state index contributed by atoms with van der Waals surface area (Å²) in [4.78, 5) is 24.8. The van der Waals surface area contributed by atoms with Crippen LogP contribution in [0.2, 0.25) is 0 Å². The number of hydrogen-bond donors (Lipinski definition) is 0. The Labute approximate surface area is 138 Å². The molecule has 0 aliphatic carbocycles. The third-order valence-corrected chi connectivity index (χ3v) is 3.78. The topological polar surface area (TPSA) is 44.0 Å². The first-order valence-electron chi connectivity index (χ1n) is 7.59. The normalized spacial score (nSPS) is 10.8. The summed E-state index contributed by atoms with van der Waals surface area (Å²) in [6.07, 6.45) is 3.11. The van der Waals surface area contributed by atoms with Gasteiger partial charge in [0.15, 0.2) is 0 Å². The average molecular weight is 324 g/mol. The van der Waals surface area contributed by atoms with Crippen molar-refractivity contribution >= 4 is 0 Å². The molecule has 2 aromatic carbocycles. The van der Waals surface area contributed by atoms with E-state index in [-0.39, 0.29) is 12.4 Å². The van der Waals surface area contributed by atoms with Gasteiger partial charge in [0.1, 0.15) is 5.82 Å². The summed E-state index contributed by atoms with van der Waals surface area (Å²) in [7, 11) is 0. The molecule has 0 unspecified atom stereocenters. The zero-order chi connectivity index (χ0) is 17.3. The van der Waals surface area contributed by atoms with Gasteiger partial charge in [0.2, 0.25) is 0 Å². The molecule has 3 aromatic rings. The molecule has 1 aromatic heterocycles. The highest BCUT2D eigenvalue weighted by Gasteiger charge is 2.08. The van der Waals surface area contributed by atoms with Crippen molar-refractivity contribution in [3.05, 3.63) is 98.1 Å². The fraction of sp³-hybridized carbons (Fsp3) is 0.158. The monoisotopic (exact) mass is 324 g/mol. The molecule has 0 amide bonds. The maximum atomic E-state index is 13.3. The summed E-state index contributed by atoms with van der Waals surface area (Å²) < 4.78 is 15.9. The second kappa shape index (κ2) is 6.28. The minimum atomic E-state index is -0.638. The van der Waals surface area contributed by atoms with E-state index < -0.39 is 11.1 Å². The lowest BCUT2D eigenvalue weighted by molar-refractivity contribution is 0.622. The average Bonchev–Trinajstić information content (AvgIpc) is 2.51. The molecule has 0 saturated heterocycles. The first-order valence-corrected chi connectivity index (χ1v) is 7.59. The number of aromatic nitrogens is 2. The quantitative estimate of drug-likeness (QED) is 0.695. The van der Waals surface area contributed by atoms with Gasteiger partial charge in [-0.05, 0) is 54.8 Å². The summed E-state index contributed by atoms with van der Waals surface area (Å²) >= 11 is 0. The molecule has 1 heterocycles. The van der Waals surface area contributed by atoms with Crippen LogP contribution in [0, 0.1) is 19.7 Å². The molecule has 122 valence electrons. The van der Waals surface area contributed by atoms with Crippen LogP contribution < -0.4 is 11.1 Å². The van der Waals surface area contributed by atoms with E-state index >= 15 is 0 Å². The lowest BCUT2D eigenvalue weighted by Gasteiger charge is -2.10. The predicted octanol–water partition coefficient (Wildman–Crippen LogP) is 2.80. The van der Waals surface area contributed by atoms with Crippen LogP contribution >= 0.6 is 0 Å². The van der Waals surface area contributed by atoms with E-state index in [1.807, 2.05) is 32.0 Å². The molecular formula is C19H17FN2O2. The number of benzene rings is 2. The Morgan fingerprint density at radius 2 is 1.62 bits per heavy atom. The third-order valence-electron chi connectivity index (χ3n) is 3.78. The van der Waals surface area contributed by atoms with E-state index in [2.05, 4.69) is 0 Å². The molecule has 0 radical (unpaired) electrons. The number of aryl methyl sites for hydroxylation is 2. The van der Waals surface area contributed by atoms with Gasteiger partial charge in [-0.1, -0.05) is 18.2 Å². The fourth-order valence-corrected chi connectivity index (χ4v) is 2.76. The molecule has 4 nitrogen and oxygen atoms in total. The Hall–Kier alpha value is -2.95. The van der Waals surface area contributed by atoms with Gasteiger partial charge in [0, 0.05) is 18.1 Å². The highest BCUT2D eigenvalue weighted by Crippen LogP contribution is 2.11. The van der Waals surface area contributed by atoms with Crippen LogP contribution in [0.4, 0.5) is 4.39 Å². The van der Waals surface area contributed by atoms with E-state index in [0.717, 1.165) is 11.1 Å². The molecule has 0 saturated carbocycles. The zero-order valence-electron chi connectivity index (χ0n) is 13.5. The van der Waals surface area contributed by atoms with Crippen LogP contribution in [-0.4, -0.2) is 9.13 Å². The number of rotatable bonds is 3. The summed E-state index contributed by atoms with van der Waals surface area (Å²) in [5.41, 5.74) is 2.05. The maximum Gasteiger partial charge on any atom is 0.320 e. The highest BCUT2D eigenvalue weighted by atomic mass is 19.1. The minimum absolute atomic E-state index is 0.152. The van der Waals surface area contributed by atoms with E-state index in [1.54, 1.807) is 24.5 Å². The Kier molecular flexibility index (Phi) is 4.16. The van der Waals surface area contributed by atoms with Crippen LogP contribution in [-0.2, 0) is 6.54 Å². The van der Waals surface area contributed by atoms with Crippen molar-refractivity contribution in [2.75, 3.05) is 0 Å². The van der Waals surface area contributed by atoms with Crippen molar-refractivity contribution < 1.29 is 4.39 Å². The van der Waals surface area contributed by atoms with Crippen LogP contribution in [0.25, 0.3) is 5.69 Å². The number of nitrogens with zero attached hydrogens (tertiary/aromatic N) is 2. The SMILES string of the molecule is Cc1cc(C)cc(-n2ccn(Cc3cccc(F)c3)c(=O)c2=O)c1. The Bertz CT molecular complexity index is 998. The molecule has 0 atom stereocenters. The molecule has 0 aliphatic heterocycles. The van der Waals surface area contributed by atoms with Gasteiger partial charge in [-0.15, -0.1) is 0 Å². The molecule has 0 spiro atoms. The summed E-state index contributed by atoms with van der Waals surface area (Å²) in [5, 5.41) is 0. The van der Waals surface area contributed by atoms with Crippen molar-refractivity contribution in [3.63, 3.8) is 0 Å². The van der Waals surface area contributed by atoms with Crippen LogP contribution in [0.1, 0.15) is 16.7 Å². The second-order valence-corrected chi connectivity index (χ2v) is 5.88.